The molecule has 2 N–H and O–H groups in total. The fourth-order valence-electron chi connectivity index (χ4n) is 2.41. The number of rotatable bonds is 6. The number of primary amides is 1. The minimum atomic E-state index is -0.680. The third kappa shape index (κ3) is 3.69. The van der Waals surface area contributed by atoms with E-state index in [0.29, 0.717) is 23.1 Å². The summed E-state index contributed by atoms with van der Waals surface area (Å²) in [5.41, 5.74) is 7.05. The van der Waals surface area contributed by atoms with Crippen molar-refractivity contribution in [1.82, 2.24) is 19.7 Å². The van der Waals surface area contributed by atoms with Crippen molar-refractivity contribution < 1.29 is 9.18 Å². The first-order chi connectivity index (χ1) is 12.1. The predicted octanol–water partition coefficient (Wildman–Crippen LogP) is 2.82. The van der Waals surface area contributed by atoms with Crippen LogP contribution in [0.15, 0.2) is 53.9 Å². The highest BCUT2D eigenvalue weighted by Gasteiger charge is 2.23. The lowest BCUT2D eigenvalue weighted by Gasteiger charge is -2.14. The van der Waals surface area contributed by atoms with Crippen molar-refractivity contribution in [3.63, 3.8) is 0 Å². The first-order valence-corrected chi connectivity index (χ1v) is 8.53. The molecule has 0 spiro atoms. The number of hydrogen-bond donors (Lipinski definition) is 1. The maximum absolute atomic E-state index is 13.1. The SMILES string of the molecule is CCn1c(S[C@@H](C(N)=O)c2ccc(F)cc2)nnc1-c1ccncc1. The van der Waals surface area contributed by atoms with E-state index in [1.807, 2.05) is 23.6 Å². The Balaban J connectivity index is 1.94. The number of halogens is 1. The molecule has 0 aliphatic carbocycles. The van der Waals surface area contributed by atoms with Crippen molar-refractivity contribution >= 4 is 17.7 Å². The molecule has 0 saturated carbocycles. The topological polar surface area (TPSA) is 86.7 Å². The van der Waals surface area contributed by atoms with E-state index in [9.17, 15) is 9.18 Å². The van der Waals surface area contributed by atoms with Crippen LogP contribution in [-0.4, -0.2) is 25.7 Å². The summed E-state index contributed by atoms with van der Waals surface area (Å²) in [6.07, 6.45) is 3.36. The number of carbonyl (C=O) groups excluding carboxylic acids is 1. The third-order valence-electron chi connectivity index (χ3n) is 3.63. The molecular formula is C17H16FN5OS. The van der Waals surface area contributed by atoms with E-state index in [0.717, 1.165) is 5.56 Å². The van der Waals surface area contributed by atoms with Gasteiger partial charge < -0.3 is 10.3 Å². The zero-order valence-corrected chi connectivity index (χ0v) is 14.3. The zero-order chi connectivity index (χ0) is 17.8. The third-order valence-corrected chi connectivity index (χ3v) is 4.88. The van der Waals surface area contributed by atoms with Crippen LogP contribution in [0, 0.1) is 5.82 Å². The monoisotopic (exact) mass is 357 g/mol. The fourth-order valence-corrected chi connectivity index (χ4v) is 3.46. The summed E-state index contributed by atoms with van der Waals surface area (Å²) >= 11 is 1.20. The molecule has 0 radical (unpaired) electrons. The molecule has 128 valence electrons. The van der Waals surface area contributed by atoms with Gasteiger partial charge in [0.25, 0.3) is 0 Å². The second-order valence-electron chi connectivity index (χ2n) is 5.24. The number of nitrogens with two attached hydrogens (primary N) is 1. The van der Waals surface area contributed by atoms with Gasteiger partial charge in [0.15, 0.2) is 11.0 Å². The van der Waals surface area contributed by atoms with Crippen molar-refractivity contribution in [2.45, 2.75) is 23.9 Å². The van der Waals surface area contributed by atoms with Crippen molar-refractivity contribution in [1.29, 1.82) is 0 Å². The second kappa shape index (κ2) is 7.43. The Morgan fingerprint density at radius 2 is 1.88 bits per heavy atom. The van der Waals surface area contributed by atoms with Gasteiger partial charge in [-0.05, 0) is 36.8 Å². The molecule has 2 aromatic heterocycles. The van der Waals surface area contributed by atoms with Gasteiger partial charge in [-0.1, -0.05) is 23.9 Å². The van der Waals surface area contributed by atoms with Crippen LogP contribution in [0.1, 0.15) is 17.7 Å². The number of aromatic nitrogens is 4. The number of pyridine rings is 1. The Morgan fingerprint density at radius 1 is 1.20 bits per heavy atom. The minimum absolute atomic E-state index is 0.367. The van der Waals surface area contributed by atoms with E-state index in [1.165, 1.54) is 23.9 Å². The van der Waals surface area contributed by atoms with Crippen LogP contribution >= 0.6 is 11.8 Å². The summed E-state index contributed by atoms with van der Waals surface area (Å²) in [5, 5.41) is 8.32. The Hall–Kier alpha value is -2.74. The Bertz CT molecular complexity index is 867. The average molecular weight is 357 g/mol. The molecule has 3 rings (SSSR count). The van der Waals surface area contributed by atoms with Crippen molar-refractivity contribution in [2.75, 3.05) is 0 Å². The summed E-state index contributed by atoms with van der Waals surface area (Å²) in [7, 11) is 0. The molecule has 3 aromatic rings. The molecule has 2 heterocycles. The minimum Gasteiger partial charge on any atom is -0.368 e. The largest absolute Gasteiger partial charge is 0.368 e. The van der Waals surface area contributed by atoms with Gasteiger partial charge in [-0.15, -0.1) is 10.2 Å². The molecule has 1 atom stereocenters. The first kappa shape index (κ1) is 17.1. The van der Waals surface area contributed by atoms with Gasteiger partial charge in [-0.25, -0.2) is 4.39 Å². The number of hydrogen-bond acceptors (Lipinski definition) is 5. The molecular weight excluding hydrogens is 341 g/mol. The number of amides is 1. The summed E-state index contributed by atoms with van der Waals surface area (Å²) in [5.74, 6) is -0.198. The number of nitrogens with zero attached hydrogens (tertiary/aromatic N) is 4. The summed E-state index contributed by atoms with van der Waals surface area (Å²) in [4.78, 5) is 15.9. The summed E-state index contributed by atoms with van der Waals surface area (Å²) < 4.78 is 15.0. The maximum Gasteiger partial charge on any atom is 0.235 e. The van der Waals surface area contributed by atoms with Crippen LogP contribution in [0.4, 0.5) is 4.39 Å². The van der Waals surface area contributed by atoms with Gasteiger partial charge in [-0.2, -0.15) is 0 Å². The summed E-state index contributed by atoms with van der Waals surface area (Å²) in [6.45, 7) is 2.59. The van der Waals surface area contributed by atoms with Gasteiger partial charge in [-0.3, -0.25) is 9.78 Å². The molecule has 0 saturated heterocycles. The van der Waals surface area contributed by atoms with Gasteiger partial charge in [0.1, 0.15) is 11.1 Å². The predicted molar refractivity (Wildman–Crippen MR) is 93.1 cm³/mol. The first-order valence-electron chi connectivity index (χ1n) is 7.65. The highest BCUT2D eigenvalue weighted by atomic mass is 32.2. The smallest absolute Gasteiger partial charge is 0.235 e. The van der Waals surface area contributed by atoms with Crippen LogP contribution in [0.3, 0.4) is 0 Å². The van der Waals surface area contributed by atoms with Crippen LogP contribution in [0.2, 0.25) is 0 Å². The molecule has 6 nitrogen and oxygen atoms in total. The lowest BCUT2D eigenvalue weighted by Crippen LogP contribution is -2.19. The molecule has 0 aliphatic heterocycles. The lowest BCUT2D eigenvalue weighted by molar-refractivity contribution is -0.117. The molecule has 0 fully saturated rings. The highest BCUT2D eigenvalue weighted by Crippen LogP contribution is 2.35. The zero-order valence-electron chi connectivity index (χ0n) is 13.5. The van der Waals surface area contributed by atoms with E-state index < -0.39 is 11.2 Å². The number of thioether (sulfide) groups is 1. The van der Waals surface area contributed by atoms with E-state index >= 15 is 0 Å². The van der Waals surface area contributed by atoms with Crippen molar-refractivity contribution in [3.05, 3.63) is 60.2 Å². The number of carbonyl (C=O) groups is 1. The molecule has 1 amide bonds. The van der Waals surface area contributed by atoms with E-state index in [-0.39, 0.29) is 5.82 Å². The van der Waals surface area contributed by atoms with Gasteiger partial charge in [0, 0.05) is 24.5 Å². The van der Waals surface area contributed by atoms with E-state index in [1.54, 1.807) is 24.5 Å². The van der Waals surface area contributed by atoms with Crippen molar-refractivity contribution in [3.8, 4) is 11.4 Å². The standard InChI is InChI=1S/C17H16FN5OS/c1-2-23-16(12-7-9-20-10-8-12)21-22-17(23)25-14(15(19)24)11-3-5-13(18)6-4-11/h3-10,14H,2H2,1H3,(H2,19,24)/t14-/m1/s1. The van der Waals surface area contributed by atoms with Crippen molar-refractivity contribution in [2.24, 2.45) is 5.73 Å². The van der Waals surface area contributed by atoms with E-state index in [4.69, 9.17) is 5.73 Å². The highest BCUT2D eigenvalue weighted by molar-refractivity contribution is 8.00. The van der Waals surface area contributed by atoms with E-state index in [2.05, 4.69) is 15.2 Å². The Kier molecular flexibility index (Phi) is 5.08. The van der Waals surface area contributed by atoms with Gasteiger partial charge >= 0.3 is 0 Å². The molecule has 0 aliphatic rings. The molecule has 25 heavy (non-hydrogen) atoms. The van der Waals surface area contributed by atoms with Gasteiger partial charge in [0.2, 0.25) is 5.91 Å². The second-order valence-corrected chi connectivity index (χ2v) is 6.31. The average Bonchev–Trinajstić information content (AvgIpc) is 3.04. The van der Waals surface area contributed by atoms with Crippen LogP contribution in [0.5, 0.6) is 0 Å². The quantitative estimate of drug-likeness (QED) is 0.686. The lowest BCUT2D eigenvalue weighted by atomic mass is 10.1. The fraction of sp³-hybridized carbons (Fsp3) is 0.176. The summed E-state index contributed by atoms with van der Waals surface area (Å²) in [6, 6.07) is 9.40. The molecule has 1 aromatic carbocycles. The number of benzene rings is 1. The maximum atomic E-state index is 13.1. The van der Waals surface area contributed by atoms with Crippen LogP contribution in [-0.2, 0) is 11.3 Å². The molecule has 0 unspecified atom stereocenters. The normalized spacial score (nSPS) is 12.1. The molecule has 8 heteroatoms. The van der Waals surface area contributed by atoms with Crippen LogP contribution < -0.4 is 5.73 Å². The van der Waals surface area contributed by atoms with Crippen LogP contribution in [0.25, 0.3) is 11.4 Å². The molecule has 0 bridgehead atoms. The van der Waals surface area contributed by atoms with Gasteiger partial charge in [0.05, 0.1) is 0 Å². The Morgan fingerprint density at radius 3 is 2.48 bits per heavy atom. The Labute approximate surface area is 148 Å².